The molecule has 0 unspecified atom stereocenters. The number of hydrogen-bond acceptors (Lipinski definition) is 3. The molecular formula is C15H15ClN4O. The molecule has 2 aromatic heterocycles. The third-order valence-electron chi connectivity index (χ3n) is 3.30. The fraction of sp³-hybridized carbons (Fsp3) is 0.133. The van der Waals surface area contributed by atoms with Crippen LogP contribution >= 0.6 is 12.4 Å². The standard InChI is InChI=1S/C15H14N4O.ClH/c1-10-17-13-9-12(3-4-14(13)19(10)2)18-15(20)11-5-7-16-8-6-11;/h3-9H,1-2H3,(H,18,20);1H. The van der Waals surface area contributed by atoms with Gasteiger partial charge >= 0.3 is 0 Å². The summed E-state index contributed by atoms with van der Waals surface area (Å²) in [5.74, 6) is 0.789. The van der Waals surface area contributed by atoms with E-state index >= 15 is 0 Å². The first-order valence-corrected chi connectivity index (χ1v) is 6.29. The van der Waals surface area contributed by atoms with Crippen LogP contribution in [-0.2, 0) is 7.05 Å². The van der Waals surface area contributed by atoms with Crippen molar-refractivity contribution in [3.63, 3.8) is 0 Å². The molecule has 0 radical (unpaired) electrons. The summed E-state index contributed by atoms with van der Waals surface area (Å²) in [6.45, 7) is 1.95. The summed E-state index contributed by atoms with van der Waals surface area (Å²) in [4.78, 5) is 20.4. The molecule has 0 bridgehead atoms. The fourth-order valence-electron chi connectivity index (χ4n) is 2.10. The first-order valence-electron chi connectivity index (χ1n) is 6.29. The van der Waals surface area contributed by atoms with Crippen LogP contribution in [0.1, 0.15) is 16.2 Å². The molecule has 1 N–H and O–H groups in total. The van der Waals surface area contributed by atoms with Crippen molar-refractivity contribution in [2.24, 2.45) is 7.05 Å². The van der Waals surface area contributed by atoms with E-state index in [4.69, 9.17) is 0 Å². The lowest BCUT2D eigenvalue weighted by atomic mass is 10.2. The van der Waals surface area contributed by atoms with E-state index in [-0.39, 0.29) is 18.3 Å². The van der Waals surface area contributed by atoms with Gasteiger partial charge in [-0.3, -0.25) is 9.78 Å². The second-order valence-corrected chi connectivity index (χ2v) is 4.61. The normalized spacial score (nSPS) is 10.2. The Labute approximate surface area is 128 Å². The number of amides is 1. The number of nitrogens with one attached hydrogen (secondary N) is 1. The average molecular weight is 303 g/mol. The highest BCUT2D eigenvalue weighted by molar-refractivity contribution is 6.04. The van der Waals surface area contributed by atoms with Gasteiger partial charge in [0.05, 0.1) is 11.0 Å². The number of rotatable bonds is 2. The monoisotopic (exact) mass is 302 g/mol. The number of halogens is 1. The molecule has 0 saturated heterocycles. The Balaban J connectivity index is 0.00000161. The average Bonchev–Trinajstić information content (AvgIpc) is 2.74. The summed E-state index contributed by atoms with van der Waals surface area (Å²) >= 11 is 0. The van der Waals surface area contributed by atoms with Crippen molar-refractivity contribution in [1.29, 1.82) is 0 Å². The number of aromatic nitrogens is 3. The van der Waals surface area contributed by atoms with E-state index in [1.807, 2.05) is 36.7 Å². The fourth-order valence-corrected chi connectivity index (χ4v) is 2.10. The number of aryl methyl sites for hydroxylation is 2. The molecule has 1 aromatic carbocycles. The van der Waals surface area contributed by atoms with Crippen LogP contribution in [0.15, 0.2) is 42.7 Å². The van der Waals surface area contributed by atoms with E-state index in [2.05, 4.69) is 15.3 Å². The van der Waals surface area contributed by atoms with Crippen molar-refractivity contribution < 1.29 is 4.79 Å². The summed E-state index contributed by atoms with van der Waals surface area (Å²) in [5.41, 5.74) is 3.23. The molecule has 6 heteroatoms. The minimum absolute atomic E-state index is 0. The molecule has 0 spiro atoms. The van der Waals surface area contributed by atoms with Gasteiger partial charge in [-0.25, -0.2) is 4.98 Å². The van der Waals surface area contributed by atoms with Crippen LogP contribution in [0.4, 0.5) is 5.69 Å². The molecule has 0 aliphatic carbocycles. The summed E-state index contributed by atoms with van der Waals surface area (Å²) in [7, 11) is 1.97. The quantitative estimate of drug-likeness (QED) is 0.792. The lowest BCUT2D eigenvalue weighted by molar-refractivity contribution is 0.102. The first kappa shape index (κ1) is 15.0. The highest BCUT2D eigenvalue weighted by Gasteiger charge is 2.08. The van der Waals surface area contributed by atoms with Gasteiger partial charge < -0.3 is 9.88 Å². The van der Waals surface area contributed by atoms with E-state index in [0.29, 0.717) is 5.56 Å². The van der Waals surface area contributed by atoms with Gasteiger partial charge in [0.1, 0.15) is 5.82 Å². The maximum Gasteiger partial charge on any atom is 0.255 e. The molecule has 0 aliphatic heterocycles. The maximum atomic E-state index is 12.1. The molecule has 3 aromatic rings. The first-order chi connectivity index (χ1) is 9.65. The van der Waals surface area contributed by atoms with Crippen LogP contribution in [0.5, 0.6) is 0 Å². The Morgan fingerprint density at radius 1 is 1.19 bits per heavy atom. The van der Waals surface area contributed by atoms with Crippen molar-refractivity contribution >= 4 is 35.0 Å². The topological polar surface area (TPSA) is 59.8 Å². The summed E-state index contributed by atoms with van der Waals surface area (Å²) in [6, 6.07) is 9.07. The number of hydrogen-bond donors (Lipinski definition) is 1. The Morgan fingerprint density at radius 3 is 2.62 bits per heavy atom. The predicted octanol–water partition coefficient (Wildman–Crippen LogP) is 2.95. The number of fused-ring (bicyclic) bond motifs is 1. The highest BCUT2D eigenvalue weighted by atomic mass is 35.5. The van der Waals surface area contributed by atoms with Crippen molar-refractivity contribution in [2.75, 3.05) is 5.32 Å². The predicted molar refractivity (Wildman–Crippen MR) is 84.9 cm³/mol. The molecular weight excluding hydrogens is 288 g/mol. The van der Waals surface area contributed by atoms with Gasteiger partial charge in [-0.05, 0) is 37.3 Å². The van der Waals surface area contributed by atoms with Crippen molar-refractivity contribution in [3.8, 4) is 0 Å². The van der Waals surface area contributed by atoms with Crippen LogP contribution in [0.3, 0.4) is 0 Å². The van der Waals surface area contributed by atoms with Crippen molar-refractivity contribution in [3.05, 3.63) is 54.1 Å². The van der Waals surface area contributed by atoms with Crippen LogP contribution in [-0.4, -0.2) is 20.4 Å². The maximum absolute atomic E-state index is 12.1. The molecule has 1 amide bonds. The van der Waals surface area contributed by atoms with E-state index in [1.54, 1.807) is 24.5 Å². The molecule has 0 saturated carbocycles. The van der Waals surface area contributed by atoms with Gasteiger partial charge in [-0.15, -0.1) is 12.4 Å². The van der Waals surface area contributed by atoms with Crippen LogP contribution in [0.25, 0.3) is 11.0 Å². The van der Waals surface area contributed by atoms with Gasteiger partial charge in [0.25, 0.3) is 5.91 Å². The molecule has 2 heterocycles. The van der Waals surface area contributed by atoms with Gasteiger partial charge in [-0.2, -0.15) is 0 Å². The number of imidazole rings is 1. The second-order valence-electron chi connectivity index (χ2n) is 4.61. The van der Waals surface area contributed by atoms with Gasteiger partial charge in [-0.1, -0.05) is 0 Å². The molecule has 21 heavy (non-hydrogen) atoms. The molecule has 0 fully saturated rings. The molecule has 108 valence electrons. The largest absolute Gasteiger partial charge is 0.331 e. The number of anilines is 1. The van der Waals surface area contributed by atoms with E-state index in [0.717, 1.165) is 22.5 Å². The molecule has 0 aliphatic rings. The Hall–Kier alpha value is -2.40. The SMILES string of the molecule is Cc1nc2cc(NC(=O)c3ccncc3)ccc2n1C.Cl. The zero-order valence-corrected chi connectivity index (χ0v) is 12.5. The summed E-state index contributed by atoms with van der Waals surface area (Å²) < 4.78 is 2.02. The van der Waals surface area contributed by atoms with E-state index < -0.39 is 0 Å². The lowest BCUT2D eigenvalue weighted by Crippen LogP contribution is -2.11. The van der Waals surface area contributed by atoms with Crippen LogP contribution in [0.2, 0.25) is 0 Å². The highest BCUT2D eigenvalue weighted by Crippen LogP contribution is 2.19. The van der Waals surface area contributed by atoms with Crippen LogP contribution < -0.4 is 5.32 Å². The number of pyridine rings is 1. The number of nitrogens with zero attached hydrogens (tertiary/aromatic N) is 3. The minimum Gasteiger partial charge on any atom is -0.331 e. The van der Waals surface area contributed by atoms with E-state index in [9.17, 15) is 4.79 Å². The Kier molecular flexibility index (Phi) is 4.23. The minimum atomic E-state index is -0.153. The molecule has 3 rings (SSSR count). The number of carbonyl (C=O) groups excluding carboxylic acids is 1. The smallest absolute Gasteiger partial charge is 0.255 e. The van der Waals surface area contributed by atoms with Crippen LogP contribution in [0, 0.1) is 6.92 Å². The van der Waals surface area contributed by atoms with E-state index in [1.165, 1.54) is 0 Å². The lowest BCUT2D eigenvalue weighted by Gasteiger charge is -2.05. The number of benzene rings is 1. The Bertz CT molecular complexity index is 783. The van der Waals surface area contributed by atoms with Gasteiger partial charge in [0, 0.05) is 30.7 Å². The van der Waals surface area contributed by atoms with Crippen molar-refractivity contribution in [1.82, 2.24) is 14.5 Å². The third-order valence-corrected chi connectivity index (χ3v) is 3.30. The zero-order valence-electron chi connectivity index (χ0n) is 11.7. The second kappa shape index (κ2) is 5.93. The molecule has 0 atom stereocenters. The zero-order chi connectivity index (χ0) is 14.1. The Morgan fingerprint density at radius 2 is 1.90 bits per heavy atom. The third kappa shape index (κ3) is 2.87. The summed E-state index contributed by atoms with van der Waals surface area (Å²) in [6.07, 6.45) is 3.19. The van der Waals surface area contributed by atoms with Gasteiger partial charge in [0.2, 0.25) is 0 Å². The van der Waals surface area contributed by atoms with Crippen molar-refractivity contribution in [2.45, 2.75) is 6.92 Å². The summed E-state index contributed by atoms with van der Waals surface area (Å²) in [5, 5.41) is 2.86. The number of carbonyl (C=O) groups is 1. The van der Waals surface area contributed by atoms with Gasteiger partial charge in [0.15, 0.2) is 0 Å². The molecule has 5 nitrogen and oxygen atoms in total.